The fourth-order valence-corrected chi connectivity index (χ4v) is 4.04. The maximum Gasteiger partial charge on any atom is 0.573 e. The molecule has 2 N–H and O–H groups in total. The van der Waals surface area contributed by atoms with Gasteiger partial charge in [0.1, 0.15) is 5.75 Å². The number of halogens is 3. The summed E-state index contributed by atoms with van der Waals surface area (Å²) in [5, 5.41) is 5.82. The van der Waals surface area contributed by atoms with Crippen LogP contribution in [0.4, 0.5) is 13.2 Å². The van der Waals surface area contributed by atoms with Crippen LogP contribution in [-0.2, 0) is 16.6 Å². The van der Waals surface area contributed by atoms with Crippen LogP contribution in [-0.4, -0.2) is 57.5 Å². The van der Waals surface area contributed by atoms with Gasteiger partial charge in [0.2, 0.25) is 10.0 Å². The lowest BCUT2D eigenvalue weighted by Crippen LogP contribution is -2.41. The van der Waals surface area contributed by atoms with Crippen molar-refractivity contribution in [2.45, 2.75) is 19.3 Å². The second-order valence-corrected chi connectivity index (χ2v) is 7.67. The second-order valence-electron chi connectivity index (χ2n) is 5.58. The maximum atomic E-state index is 12.4. The Labute approximate surface area is 150 Å². The molecule has 26 heavy (non-hydrogen) atoms. The molecule has 146 valence electrons. The minimum Gasteiger partial charge on any atom is -0.405 e. The molecule has 0 aliphatic carbocycles. The average Bonchev–Trinajstić information content (AvgIpc) is 2.89. The Morgan fingerprint density at radius 1 is 1.31 bits per heavy atom. The maximum absolute atomic E-state index is 12.4. The van der Waals surface area contributed by atoms with Gasteiger partial charge in [0.05, 0.1) is 5.75 Å². The number of rotatable bonds is 6. The van der Waals surface area contributed by atoms with Gasteiger partial charge in [-0.05, 0) is 12.5 Å². The summed E-state index contributed by atoms with van der Waals surface area (Å²) in [6.45, 7) is 1.20. The number of nitrogens with one attached hydrogen (secondary N) is 2. The Balaban J connectivity index is 1.86. The van der Waals surface area contributed by atoms with Crippen LogP contribution in [0.3, 0.4) is 0 Å². The molecule has 0 bridgehead atoms. The normalized spacial score (nSPS) is 17.9. The summed E-state index contributed by atoms with van der Waals surface area (Å²) in [6.07, 6.45) is -4.15. The molecule has 0 atom stereocenters. The van der Waals surface area contributed by atoms with Crippen molar-refractivity contribution in [3.63, 3.8) is 0 Å². The van der Waals surface area contributed by atoms with Crippen LogP contribution >= 0.6 is 0 Å². The molecule has 7 nitrogen and oxygen atoms in total. The number of hydrogen-bond donors (Lipinski definition) is 2. The first-order chi connectivity index (χ1) is 12.2. The van der Waals surface area contributed by atoms with Crippen molar-refractivity contribution in [1.82, 2.24) is 14.9 Å². The molecule has 0 saturated carbocycles. The van der Waals surface area contributed by atoms with Gasteiger partial charge in [0, 0.05) is 38.8 Å². The zero-order valence-electron chi connectivity index (χ0n) is 14.2. The summed E-state index contributed by atoms with van der Waals surface area (Å²) < 4.78 is 66.1. The Morgan fingerprint density at radius 3 is 2.65 bits per heavy atom. The third-order valence-electron chi connectivity index (χ3n) is 3.73. The van der Waals surface area contributed by atoms with E-state index >= 15 is 0 Å². The van der Waals surface area contributed by atoms with E-state index < -0.39 is 16.4 Å². The molecule has 0 radical (unpaired) electrons. The molecule has 1 heterocycles. The Bertz CT molecular complexity index is 738. The van der Waals surface area contributed by atoms with E-state index in [-0.39, 0.29) is 18.0 Å². The minimum absolute atomic E-state index is 0.0634. The molecule has 0 aromatic heterocycles. The Morgan fingerprint density at radius 2 is 2.04 bits per heavy atom. The van der Waals surface area contributed by atoms with Crippen LogP contribution in [0.25, 0.3) is 0 Å². The van der Waals surface area contributed by atoms with Gasteiger partial charge >= 0.3 is 6.36 Å². The quantitative estimate of drug-likeness (QED) is 0.561. The molecular weight excluding hydrogens is 373 g/mol. The summed E-state index contributed by atoms with van der Waals surface area (Å²) in [6, 6.07) is 5.81. The number of ether oxygens (including phenoxy) is 1. The molecule has 2 rings (SSSR count). The highest BCUT2D eigenvalue weighted by molar-refractivity contribution is 7.89. The van der Waals surface area contributed by atoms with Crippen LogP contribution in [0.5, 0.6) is 5.75 Å². The molecule has 1 aromatic rings. The zero-order valence-corrected chi connectivity index (χ0v) is 15.0. The first kappa shape index (κ1) is 20.3. The highest BCUT2D eigenvalue weighted by Crippen LogP contribution is 2.26. The second kappa shape index (κ2) is 8.58. The SMILES string of the molecule is CN=C(NCCN1CCCS1(=O)=O)NCc1ccccc1OC(F)(F)F. The number of sulfonamides is 1. The van der Waals surface area contributed by atoms with E-state index in [1.54, 1.807) is 6.07 Å². The monoisotopic (exact) mass is 394 g/mol. The number of aliphatic imine (C=N–C) groups is 1. The fourth-order valence-electron chi connectivity index (χ4n) is 2.52. The van der Waals surface area contributed by atoms with E-state index in [9.17, 15) is 21.6 Å². The first-order valence-corrected chi connectivity index (χ1v) is 9.58. The van der Waals surface area contributed by atoms with Gasteiger partial charge in [-0.1, -0.05) is 18.2 Å². The topological polar surface area (TPSA) is 83.0 Å². The lowest BCUT2D eigenvalue weighted by molar-refractivity contribution is -0.274. The van der Waals surface area contributed by atoms with E-state index in [0.717, 1.165) is 0 Å². The van der Waals surface area contributed by atoms with Gasteiger partial charge in [0.25, 0.3) is 0 Å². The molecule has 1 aromatic carbocycles. The predicted molar refractivity (Wildman–Crippen MR) is 91.3 cm³/mol. The molecule has 1 aliphatic rings. The molecule has 0 spiro atoms. The molecule has 11 heteroatoms. The summed E-state index contributed by atoms with van der Waals surface area (Å²) >= 11 is 0. The van der Waals surface area contributed by atoms with Crippen LogP contribution in [0, 0.1) is 0 Å². The standard InChI is InChI=1S/C15H21F3N4O3S/c1-19-14(20-7-9-22-8-4-10-26(22,23)24)21-11-12-5-2-3-6-13(12)25-15(16,17)18/h2-3,5-6H,4,7-11H2,1H3,(H2,19,20,21). The average molecular weight is 394 g/mol. The van der Waals surface area contributed by atoms with Gasteiger partial charge in [-0.3, -0.25) is 4.99 Å². The molecular formula is C15H21F3N4O3S. The van der Waals surface area contributed by atoms with Crippen LogP contribution in [0.15, 0.2) is 29.3 Å². The summed E-state index contributed by atoms with van der Waals surface area (Å²) in [5.74, 6) is 0.227. The third-order valence-corrected chi connectivity index (χ3v) is 5.68. The van der Waals surface area contributed by atoms with Crippen LogP contribution < -0.4 is 15.4 Å². The largest absolute Gasteiger partial charge is 0.573 e. The van der Waals surface area contributed by atoms with E-state index in [1.165, 1.54) is 29.6 Å². The number of alkyl halides is 3. The number of hydrogen-bond acceptors (Lipinski definition) is 4. The summed E-state index contributed by atoms with van der Waals surface area (Å²) in [4.78, 5) is 3.97. The van der Waals surface area contributed by atoms with Gasteiger partial charge in [-0.25, -0.2) is 12.7 Å². The van der Waals surface area contributed by atoms with Crippen molar-refractivity contribution in [1.29, 1.82) is 0 Å². The summed E-state index contributed by atoms with van der Waals surface area (Å²) in [7, 11) is -1.65. The molecule has 0 unspecified atom stereocenters. The van der Waals surface area contributed by atoms with Gasteiger partial charge < -0.3 is 15.4 Å². The molecule has 1 aliphatic heterocycles. The number of para-hydroxylation sites is 1. The van der Waals surface area contributed by atoms with Gasteiger partial charge in [-0.2, -0.15) is 0 Å². The smallest absolute Gasteiger partial charge is 0.405 e. The highest BCUT2D eigenvalue weighted by Gasteiger charge is 2.32. The first-order valence-electron chi connectivity index (χ1n) is 7.97. The van der Waals surface area contributed by atoms with Crippen molar-refractivity contribution in [3.05, 3.63) is 29.8 Å². The molecule has 1 fully saturated rings. The Kier molecular flexibility index (Phi) is 6.70. The molecule has 0 amide bonds. The van der Waals surface area contributed by atoms with Crippen molar-refractivity contribution in [2.75, 3.05) is 32.4 Å². The highest BCUT2D eigenvalue weighted by atomic mass is 32.2. The fraction of sp³-hybridized carbons (Fsp3) is 0.533. The van der Waals surface area contributed by atoms with E-state index in [1.807, 2.05) is 0 Å². The zero-order chi connectivity index (χ0) is 19.2. The van der Waals surface area contributed by atoms with Gasteiger partial charge in [-0.15, -0.1) is 13.2 Å². The predicted octanol–water partition coefficient (Wildman–Crippen LogP) is 1.29. The van der Waals surface area contributed by atoms with E-state index in [4.69, 9.17) is 0 Å². The Hall–Kier alpha value is -2.01. The van der Waals surface area contributed by atoms with Crippen molar-refractivity contribution in [3.8, 4) is 5.75 Å². The third kappa shape index (κ3) is 6.06. The van der Waals surface area contributed by atoms with Crippen molar-refractivity contribution < 1.29 is 26.3 Å². The number of nitrogens with zero attached hydrogens (tertiary/aromatic N) is 2. The van der Waals surface area contributed by atoms with E-state index in [0.29, 0.717) is 37.6 Å². The lowest BCUT2D eigenvalue weighted by Gasteiger charge is -2.17. The lowest BCUT2D eigenvalue weighted by atomic mass is 10.2. The van der Waals surface area contributed by atoms with Crippen molar-refractivity contribution in [2.24, 2.45) is 4.99 Å². The molecule has 1 saturated heterocycles. The van der Waals surface area contributed by atoms with Gasteiger partial charge in [0.15, 0.2) is 5.96 Å². The van der Waals surface area contributed by atoms with Crippen molar-refractivity contribution >= 4 is 16.0 Å². The number of benzene rings is 1. The van der Waals surface area contributed by atoms with E-state index in [2.05, 4.69) is 20.4 Å². The van der Waals surface area contributed by atoms with Crippen LogP contribution in [0.2, 0.25) is 0 Å². The number of guanidine groups is 1. The van der Waals surface area contributed by atoms with Crippen LogP contribution in [0.1, 0.15) is 12.0 Å². The summed E-state index contributed by atoms with van der Waals surface area (Å²) in [5.41, 5.74) is 0.315. The minimum atomic E-state index is -4.77.